The molecule has 1 saturated carbocycles. The van der Waals surface area contributed by atoms with Gasteiger partial charge >= 0.3 is 0 Å². The Bertz CT molecular complexity index is 227. The first-order valence-electron chi connectivity index (χ1n) is 5.55. The Kier molecular flexibility index (Phi) is 4.97. The number of nitrogens with one attached hydrogen (secondary N) is 1. The van der Waals surface area contributed by atoms with Crippen LogP contribution >= 0.6 is 27.7 Å². The van der Waals surface area contributed by atoms with Crippen molar-refractivity contribution in [2.45, 2.75) is 55.6 Å². The molecule has 0 bridgehead atoms. The molecule has 1 N–H and O–H groups in total. The summed E-state index contributed by atoms with van der Waals surface area (Å²) in [6.45, 7) is 5.96. The number of halogens is 1. The van der Waals surface area contributed by atoms with Crippen LogP contribution in [0.2, 0.25) is 0 Å². The average Bonchev–Trinajstić information content (AvgIpc) is 2.51. The third-order valence-corrected chi connectivity index (χ3v) is 4.26. The Morgan fingerprint density at radius 2 is 2.20 bits per heavy atom. The Labute approximate surface area is 105 Å². The van der Waals surface area contributed by atoms with Gasteiger partial charge < -0.3 is 5.32 Å². The minimum Gasteiger partial charge on any atom is -0.352 e. The molecule has 1 aliphatic rings. The highest BCUT2D eigenvalue weighted by molar-refractivity contribution is 9.10. The van der Waals surface area contributed by atoms with Crippen molar-refractivity contribution in [2.75, 3.05) is 5.75 Å². The molecule has 0 aromatic carbocycles. The fourth-order valence-electron chi connectivity index (χ4n) is 1.82. The molecule has 1 fully saturated rings. The molecule has 2 nitrogen and oxygen atoms in total. The maximum Gasteiger partial charge on any atom is 0.236 e. The first-order valence-corrected chi connectivity index (χ1v) is 7.39. The molecule has 0 aromatic rings. The molecule has 2 atom stereocenters. The summed E-state index contributed by atoms with van der Waals surface area (Å²) >= 11 is 5.39. The van der Waals surface area contributed by atoms with Crippen LogP contribution in [0, 0.1) is 0 Å². The number of alkyl halides is 1. The van der Waals surface area contributed by atoms with Crippen LogP contribution in [0.15, 0.2) is 0 Å². The van der Waals surface area contributed by atoms with Crippen LogP contribution in [0.4, 0.5) is 0 Å². The van der Waals surface area contributed by atoms with Gasteiger partial charge in [-0.25, -0.2) is 0 Å². The predicted octanol–water partition coefficient (Wildman–Crippen LogP) is 2.95. The second kappa shape index (κ2) is 5.58. The number of hydrogen-bond donors (Lipinski definition) is 1. The molecule has 0 saturated heterocycles. The highest BCUT2D eigenvalue weighted by atomic mass is 79.9. The van der Waals surface area contributed by atoms with E-state index in [0.29, 0.717) is 6.04 Å². The second-order valence-corrected chi connectivity index (χ2v) is 8.09. The standard InChI is InChI=1S/C11H20BrNOS/c1-4-15-9-6-5-8(7-9)13-10(14)11(2,3)12/h8-9H,4-7H2,1-3H3,(H,13,14). The minimum absolute atomic E-state index is 0.106. The SMILES string of the molecule is CCSC1CCC(NC(=O)C(C)(C)Br)C1. The highest BCUT2D eigenvalue weighted by Gasteiger charge is 2.30. The van der Waals surface area contributed by atoms with E-state index in [4.69, 9.17) is 0 Å². The summed E-state index contributed by atoms with van der Waals surface area (Å²) in [4.78, 5) is 11.7. The van der Waals surface area contributed by atoms with E-state index in [-0.39, 0.29) is 5.91 Å². The number of amides is 1. The molecule has 1 amide bonds. The molecule has 0 radical (unpaired) electrons. The third kappa shape index (κ3) is 4.35. The molecule has 88 valence electrons. The number of carbonyl (C=O) groups excluding carboxylic acids is 1. The molecule has 1 aliphatic carbocycles. The molecule has 2 unspecified atom stereocenters. The third-order valence-electron chi connectivity index (χ3n) is 2.66. The van der Waals surface area contributed by atoms with Crippen molar-refractivity contribution >= 4 is 33.6 Å². The number of thioether (sulfide) groups is 1. The van der Waals surface area contributed by atoms with Gasteiger partial charge in [-0.3, -0.25) is 4.79 Å². The number of hydrogen-bond acceptors (Lipinski definition) is 2. The summed E-state index contributed by atoms with van der Waals surface area (Å²) in [5.74, 6) is 1.28. The van der Waals surface area contributed by atoms with Gasteiger partial charge in [0.05, 0.1) is 4.32 Å². The first kappa shape index (κ1) is 13.4. The highest BCUT2D eigenvalue weighted by Crippen LogP contribution is 2.30. The summed E-state index contributed by atoms with van der Waals surface area (Å²) in [5, 5.41) is 3.86. The van der Waals surface area contributed by atoms with Crippen molar-refractivity contribution in [3.8, 4) is 0 Å². The van der Waals surface area contributed by atoms with Gasteiger partial charge in [-0.1, -0.05) is 22.9 Å². The molecule has 15 heavy (non-hydrogen) atoms. The van der Waals surface area contributed by atoms with Gasteiger partial charge in [-0.15, -0.1) is 0 Å². The zero-order valence-electron chi connectivity index (χ0n) is 9.68. The fraction of sp³-hybridized carbons (Fsp3) is 0.909. The minimum atomic E-state index is -0.441. The maximum atomic E-state index is 11.7. The van der Waals surface area contributed by atoms with E-state index < -0.39 is 4.32 Å². The van der Waals surface area contributed by atoms with E-state index in [9.17, 15) is 4.79 Å². The molecule has 1 rings (SSSR count). The molecular formula is C11H20BrNOS. The van der Waals surface area contributed by atoms with Crippen LogP contribution in [-0.4, -0.2) is 27.3 Å². The molecule has 0 aromatic heterocycles. The van der Waals surface area contributed by atoms with Gasteiger partial charge in [-0.05, 0) is 38.9 Å². The van der Waals surface area contributed by atoms with Crippen molar-refractivity contribution < 1.29 is 4.79 Å². The topological polar surface area (TPSA) is 29.1 Å². The lowest BCUT2D eigenvalue weighted by molar-refractivity contribution is -0.123. The lowest BCUT2D eigenvalue weighted by Crippen LogP contribution is -2.42. The normalized spacial score (nSPS) is 26.7. The van der Waals surface area contributed by atoms with E-state index in [2.05, 4.69) is 28.2 Å². The summed E-state index contributed by atoms with van der Waals surface area (Å²) in [5.41, 5.74) is 0. The lowest BCUT2D eigenvalue weighted by atomic mass is 10.1. The zero-order chi connectivity index (χ0) is 11.5. The van der Waals surface area contributed by atoms with Gasteiger partial charge in [-0.2, -0.15) is 11.8 Å². The van der Waals surface area contributed by atoms with Crippen LogP contribution < -0.4 is 5.32 Å². The van der Waals surface area contributed by atoms with Crippen molar-refractivity contribution in [1.29, 1.82) is 0 Å². The van der Waals surface area contributed by atoms with E-state index in [1.54, 1.807) is 0 Å². The van der Waals surface area contributed by atoms with Crippen molar-refractivity contribution in [2.24, 2.45) is 0 Å². The lowest BCUT2D eigenvalue weighted by Gasteiger charge is -2.20. The predicted molar refractivity (Wildman–Crippen MR) is 70.7 cm³/mol. The summed E-state index contributed by atoms with van der Waals surface area (Å²) < 4.78 is -0.441. The second-order valence-electron chi connectivity index (χ2n) is 4.53. The van der Waals surface area contributed by atoms with E-state index >= 15 is 0 Å². The van der Waals surface area contributed by atoms with Crippen molar-refractivity contribution in [3.63, 3.8) is 0 Å². The first-order chi connectivity index (χ1) is 6.93. The number of carbonyl (C=O) groups is 1. The van der Waals surface area contributed by atoms with E-state index in [1.165, 1.54) is 12.2 Å². The summed E-state index contributed by atoms with van der Waals surface area (Å²) in [7, 11) is 0. The van der Waals surface area contributed by atoms with Crippen LogP contribution in [0.1, 0.15) is 40.0 Å². The Morgan fingerprint density at radius 3 is 2.73 bits per heavy atom. The van der Waals surface area contributed by atoms with Crippen LogP contribution in [0.3, 0.4) is 0 Å². The Morgan fingerprint density at radius 1 is 1.53 bits per heavy atom. The van der Waals surface area contributed by atoms with Crippen molar-refractivity contribution in [3.05, 3.63) is 0 Å². The maximum absolute atomic E-state index is 11.7. The van der Waals surface area contributed by atoms with Gasteiger partial charge in [0.1, 0.15) is 0 Å². The molecule has 0 spiro atoms. The summed E-state index contributed by atoms with van der Waals surface area (Å²) in [6, 6.07) is 0.387. The molecular weight excluding hydrogens is 274 g/mol. The molecule has 0 heterocycles. The van der Waals surface area contributed by atoms with Gasteiger partial charge in [0.25, 0.3) is 0 Å². The van der Waals surface area contributed by atoms with Gasteiger partial charge in [0.2, 0.25) is 5.91 Å². The monoisotopic (exact) mass is 293 g/mol. The van der Waals surface area contributed by atoms with E-state index in [1.807, 2.05) is 25.6 Å². The average molecular weight is 294 g/mol. The Balaban J connectivity index is 2.33. The molecule has 4 heteroatoms. The van der Waals surface area contributed by atoms with Crippen molar-refractivity contribution in [1.82, 2.24) is 5.32 Å². The fourth-order valence-corrected chi connectivity index (χ4v) is 3.07. The smallest absolute Gasteiger partial charge is 0.236 e. The largest absolute Gasteiger partial charge is 0.352 e. The van der Waals surface area contributed by atoms with Gasteiger partial charge in [0, 0.05) is 11.3 Å². The Hall–Kier alpha value is 0.300. The number of rotatable bonds is 4. The zero-order valence-corrected chi connectivity index (χ0v) is 12.1. The van der Waals surface area contributed by atoms with Crippen LogP contribution in [0.25, 0.3) is 0 Å². The van der Waals surface area contributed by atoms with Gasteiger partial charge in [0.15, 0.2) is 0 Å². The van der Waals surface area contributed by atoms with Crippen LogP contribution in [-0.2, 0) is 4.79 Å². The summed E-state index contributed by atoms with van der Waals surface area (Å²) in [6.07, 6.45) is 3.51. The molecule has 0 aliphatic heterocycles. The van der Waals surface area contributed by atoms with E-state index in [0.717, 1.165) is 18.1 Å². The van der Waals surface area contributed by atoms with Crippen LogP contribution in [0.5, 0.6) is 0 Å². The quantitative estimate of drug-likeness (QED) is 0.808.